The number of hydrogen-bond acceptors (Lipinski definition) is 5. The Morgan fingerprint density at radius 3 is 2.17 bits per heavy atom. The highest BCUT2D eigenvalue weighted by molar-refractivity contribution is 7.89. The van der Waals surface area contributed by atoms with E-state index < -0.39 is 28.0 Å². The molecule has 7 nitrogen and oxygen atoms in total. The molecule has 0 saturated heterocycles. The van der Waals surface area contributed by atoms with Crippen molar-refractivity contribution >= 4 is 62.4 Å². The molecule has 156 valence electrons. The number of carbonyl (C=O) groups excluding carboxylic acids is 2. The molecule has 2 aromatic carbocycles. The van der Waals surface area contributed by atoms with Crippen LogP contribution in [0.4, 0.5) is 5.69 Å². The van der Waals surface area contributed by atoms with Crippen LogP contribution in [-0.4, -0.2) is 44.8 Å². The summed E-state index contributed by atoms with van der Waals surface area (Å²) in [7, 11) is -1.07. The first-order valence-corrected chi connectivity index (χ1v) is 10.7. The molecule has 0 aliphatic carbocycles. The summed E-state index contributed by atoms with van der Waals surface area (Å²) in [5, 5.41) is 3.16. The molecule has 1 amide bonds. The van der Waals surface area contributed by atoms with Crippen LogP contribution < -0.4 is 5.32 Å². The Morgan fingerprint density at radius 2 is 1.62 bits per heavy atom. The van der Waals surface area contributed by atoms with Crippen LogP contribution in [0.3, 0.4) is 0 Å². The van der Waals surface area contributed by atoms with Gasteiger partial charge in [-0.15, -0.1) is 0 Å². The molecule has 0 heterocycles. The summed E-state index contributed by atoms with van der Waals surface area (Å²) < 4.78 is 30.6. The third-order valence-corrected chi connectivity index (χ3v) is 6.30. The topological polar surface area (TPSA) is 92.8 Å². The standard InChI is InChI=1S/C18H17Cl3N2O5S/c1-10(17(24)22-13-7-11(19)6-12(20)8-13)28-18(25)15-9-14(4-5-16(15)21)29(26,27)23(2)3/h4-10H,1-3H3,(H,22,24)/t10-/m0/s1. The van der Waals surface area contributed by atoms with Crippen LogP contribution in [0.1, 0.15) is 17.3 Å². The number of esters is 1. The van der Waals surface area contributed by atoms with Crippen molar-refractivity contribution in [1.82, 2.24) is 4.31 Å². The first-order valence-electron chi connectivity index (χ1n) is 8.12. The van der Waals surface area contributed by atoms with Crippen LogP contribution >= 0.6 is 34.8 Å². The average Bonchev–Trinajstić information content (AvgIpc) is 2.60. The number of nitrogens with one attached hydrogen (secondary N) is 1. The van der Waals surface area contributed by atoms with Crippen LogP contribution in [0, 0.1) is 0 Å². The fourth-order valence-electron chi connectivity index (χ4n) is 2.18. The van der Waals surface area contributed by atoms with Crippen LogP contribution in [0.25, 0.3) is 0 Å². The normalized spacial score (nSPS) is 12.5. The molecule has 0 unspecified atom stereocenters. The predicted octanol–water partition coefficient (Wildman–Crippen LogP) is 4.08. The summed E-state index contributed by atoms with van der Waals surface area (Å²) in [5.74, 6) is -1.58. The maximum Gasteiger partial charge on any atom is 0.340 e. The summed E-state index contributed by atoms with van der Waals surface area (Å²) in [6.07, 6.45) is -1.20. The summed E-state index contributed by atoms with van der Waals surface area (Å²) in [6, 6.07) is 8.10. The molecular weight excluding hydrogens is 463 g/mol. The van der Waals surface area contributed by atoms with Gasteiger partial charge in [-0.25, -0.2) is 17.5 Å². The van der Waals surface area contributed by atoms with E-state index in [1.165, 1.54) is 51.4 Å². The van der Waals surface area contributed by atoms with E-state index in [0.717, 1.165) is 10.4 Å². The second kappa shape index (κ2) is 9.32. The van der Waals surface area contributed by atoms with Crippen molar-refractivity contribution in [2.45, 2.75) is 17.9 Å². The van der Waals surface area contributed by atoms with Crippen molar-refractivity contribution in [2.24, 2.45) is 0 Å². The zero-order chi connectivity index (χ0) is 21.9. The lowest BCUT2D eigenvalue weighted by Crippen LogP contribution is -2.30. The Kier molecular flexibility index (Phi) is 7.53. The van der Waals surface area contributed by atoms with Gasteiger partial charge in [-0.1, -0.05) is 34.8 Å². The van der Waals surface area contributed by atoms with Gasteiger partial charge in [0.2, 0.25) is 10.0 Å². The molecular formula is C18H17Cl3N2O5S. The van der Waals surface area contributed by atoms with E-state index in [9.17, 15) is 18.0 Å². The molecule has 2 rings (SSSR count). The summed E-state index contributed by atoms with van der Waals surface area (Å²) in [5.41, 5.74) is 0.146. The lowest BCUT2D eigenvalue weighted by Gasteiger charge is -2.16. The van der Waals surface area contributed by atoms with Crippen molar-refractivity contribution in [3.8, 4) is 0 Å². The first-order chi connectivity index (χ1) is 13.4. The molecule has 0 aliphatic heterocycles. The van der Waals surface area contributed by atoms with E-state index in [-0.39, 0.29) is 15.5 Å². The van der Waals surface area contributed by atoms with Gasteiger partial charge < -0.3 is 10.1 Å². The van der Waals surface area contributed by atoms with Gasteiger partial charge in [0.1, 0.15) is 0 Å². The maximum absolute atomic E-state index is 12.5. The van der Waals surface area contributed by atoms with Gasteiger partial charge in [-0.3, -0.25) is 4.79 Å². The summed E-state index contributed by atoms with van der Waals surface area (Å²) in [6.45, 7) is 1.35. The van der Waals surface area contributed by atoms with E-state index in [4.69, 9.17) is 39.5 Å². The van der Waals surface area contributed by atoms with Crippen molar-refractivity contribution in [3.63, 3.8) is 0 Å². The van der Waals surface area contributed by atoms with Crippen LogP contribution in [0.5, 0.6) is 0 Å². The molecule has 0 aliphatic rings. The number of ether oxygens (including phenoxy) is 1. The molecule has 0 aromatic heterocycles. The van der Waals surface area contributed by atoms with Gasteiger partial charge in [-0.2, -0.15) is 0 Å². The zero-order valence-corrected chi connectivity index (χ0v) is 18.7. The van der Waals surface area contributed by atoms with E-state index >= 15 is 0 Å². The van der Waals surface area contributed by atoms with Gasteiger partial charge in [-0.05, 0) is 43.3 Å². The highest BCUT2D eigenvalue weighted by Crippen LogP contribution is 2.24. The minimum Gasteiger partial charge on any atom is -0.449 e. The van der Waals surface area contributed by atoms with Crippen molar-refractivity contribution in [2.75, 3.05) is 19.4 Å². The number of benzene rings is 2. The Bertz CT molecular complexity index is 1040. The van der Waals surface area contributed by atoms with Crippen molar-refractivity contribution in [1.29, 1.82) is 0 Å². The number of hydrogen-bond donors (Lipinski definition) is 1. The molecule has 0 bridgehead atoms. The minimum absolute atomic E-state index is 0.0121. The Labute approximate surface area is 183 Å². The number of rotatable bonds is 6. The van der Waals surface area contributed by atoms with Gasteiger partial charge in [0.25, 0.3) is 5.91 Å². The second-order valence-corrected chi connectivity index (χ2v) is 9.56. The molecule has 2 aromatic rings. The molecule has 11 heteroatoms. The van der Waals surface area contributed by atoms with Crippen LogP contribution in [-0.2, 0) is 19.6 Å². The molecule has 1 atom stereocenters. The average molecular weight is 480 g/mol. The predicted molar refractivity (Wildman–Crippen MR) is 112 cm³/mol. The lowest BCUT2D eigenvalue weighted by atomic mass is 10.2. The number of sulfonamides is 1. The van der Waals surface area contributed by atoms with Crippen LogP contribution in [0.2, 0.25) is 15.1 Å². The fraction of sp³-hybridized carbons (Fsp3) is 0.222. The van der Waals surface area contributed by atoms with E-state index in [0.29, 0.717) is 15.7 Å². The van der Waals surface area contributed by atoms with Crippen molar-refractivity contribution in [3.05, 3.63) is 57.0 Å². The third-order valence-electron chi connectivity index (χ3n) is 3.72. The molecule has 0 radical (unpaired) electrons. The maximum atomic E-state index is 12.5. The monoisotopic (exact) mass is 478 g/mol. The van der Waals surface area contributed by atoms with Gasteiger partial charge in [0.15, 0.2) is 6.10 Å². The lowest BCUT2D eigenvalue weighted by molar-refractivity contribution is -0.123. The number of carbonyl (C=O) groups is 2. The summed E-state index contributed by atoms with van der Waals surface area (Å²) >= 11 is 17.8. The molecule has 0 spiro atoms. The van der Waals surface area contributed by atoms with Crippen molar-refractivity contribution < 1.29 is 22.7 Å². The van der Waals surface area contributed by atoms with E-state index in [1.54, 1.807) is 0 Å². The minimum atomic E-state index is -3.78. The number of nitrogens with zero attached hydrogens (tertiary/aromatic N) is 1. The molecule has 1 N–H and O–H groups in total. The fourth-order valence-corrected chi connectivity index (χ4v) is 3.83. The summed E-state index contributed by atoms with van der Waals surface area (Å²) in [4.78, 5) is 24.6. The quantitative estimate of drug-likeness (QED) is 0.630. The van der Waals surface area contributed by atoms with E-state index in [1.807, 2.05) is 0 Å². The second-order valence-electron chi connectivity index (χ2n) is 6.12. The number of amides is 1. The highest BCUT2D eigenvalue weighted by Gasteiger charge is 2.24. The Balaban J connectivity index is 2.17. The van der Waals surface area contributed by atoms with Gasteiger partial charge in [0.05, 0.1) is 15.5 Å². The first kappa shape index (κ1) is 23.4. The smallest absolute Gasteiger partial charge is 0.340 e. The van der Waals surface area contributed by atoms with Gasteiger partial charge >= 0.3 is 5.97 Å². The van der Waals surface area contributed by atoms with Crippen LogP contribution in [0.15, 0.2) is 41.3 Å². The van der Waals surface area contributed by atoms with E-state index in [2.05, 4.69) is 5.32 Å². The highest BCUT2D eigenvalue weighted by atomic mass is 35.5. The largest absolute Gasteiger partial charge is 0.449 e. The SMILES string of the molecule is C[C@H](OC(=O)c1cc(S(=O)(=O)N(C)C)ccc1Cl)C(=O)Nc1cc(Cl)cc(Cl)c1. The molecule has 0 saturated carbocycles. The molecule has 0 fully saturated rings. The zero-order valence-electron chi connectivity index (χ0n) is 15.6. The Hall–Kier alpha value is -1.84. The number of halogens is 3. The molecule has 29 heavy (non-hydrogen) atoms. The van der Waals surface area contributed by atoms with Gasteiger partial charge in [0, 0.05) is 29.8 Å². The Morgan fingerprint density at radius 1 is 1.03 bits per heavy atom. The third kappa shape index (κ3) is 5.83. The number of anilines is 1.